The standard InChI is InChI=1S/C19H9BrF10O2/c20-14-4-2-8(5-13(14)19(28,29)30)11(17(22,23)24)7-15(21)9-1-3-10(16(31)32)12(6-9)18(25,26)27/h1-7,11H,(H,31,32)/b15-7-. The van der Waals surface area contributed by atoms with Crippen LogP contribution in [0.1, 0.15) is 38.5 Å². The van der Waals surface area contributed by atoms with E-state index in [1.165, 1.54) is 0 Å². The quantitative estimate of drug-likeness (QED) is 0.402. The minimum Gasteiger partial charge on any atom is -0.478 e. The summed E-state index contributed by atoms with van der Waals surface area (Å²) in [4.78, 5) is 10.9. The molecule has 174 valence electrons. The third-order valence-corrected chi connectivity index (χ3v) is 4.84. The highest BCUT2D eigenvalue weighted by Crippen LogP contribution is 2.43. The summed E-state index contributed by atoms with van der Waals surface area (Å²) in [5.41, 5.74) is -6.59. The number of carboxylic acid groups (broad SMARTS) is 1. The van der Waals surface area contributed by atoms with Gasteiger partial charge in [0.2, 0.25) is 0 Å². The van der Waals surface area contributed by atoms with Gasteiger partial charge in [-0.25, -0.2) is 9.18 Å². The third kappa shape index (κ3) is 5.81. The first-order valence-corrected chi connectivity index (χ1v) is 8.97. The molecule has 13 heteroatoms. The van der Waals surface area contributed by atoms with Crippen molar-refractivity contribution in [3.05, 3.63) is 74.8 Å². The summed E-state index contributed by atoms with van der Waals surface area (Å²) in [6.07, 6.45) is -15.8. The fraction of sp³-hybridized carbons (Fsp3) is 0.211. The lowest BCUT2D eigenvalue weighted by Gasteiger charge is -2.20. The highest BCUT2D eigenvalue weighted by Gasteiger charge is 2.42. The lowest BCUT2D eigenvalue weighted by molar-refractivity contribution is -0.142. The van der Waals surface area contributed by atoms with E-state index in [9.17, 15) is 48.7 Å². The van der Waals surface area contributed by atoms with Gasteiger partial charge in [-0.2, -0.15) is 39.5 Å². The zero-order valence-corrected chi connectivity index (χ0v) is 16.7. The number of allylic oxidation sites excluding steroid dienone is 1. The summed E-state index contributed by atoms with van der Waals surface area (Å²) in [6, 6.07) is 2.34. The Balaban J connectivity index is 2.64. The topological polar surface area (TPSA) is 37.3 Å². The molecule has 0 aliphatic carbocycles. The number of rotatable bonds is 4. The van der Waals surface area contributed by atoms with E-state index in [0.717, 1.165) is 0 Å². The second-order valence-corrected chi connectivity index (χ2v) is 7.19. The van der Waals surface area contributed by atoms with Gasteiger partial charge in [0.1, 0.15) is 11.7 Å². The molecule has 2 aromatic rings. The molecule has 0 aliphatic heterocycles. The normalized spacial score (nSPS) is 14.4. The van der Waals surface area contributed by atoms with E-state index < -0.39 is 68.5 Å². The number of halogens is 11. The Labute approximate surface area is 181 Å². The van der Waals surface area contributed by atoms with Gasteiger partial charge in [-0.15, -0.1) is 0 Å². The first-order chi connectivity index (χ1) is 14.4. The number of aromatic carboxylic acids is 1. The van der Waals surface area contributed by atoms with Crippen molar-refractivity contribution in [1.29, 1.82) is 0 Å². The maximum absolute atomic E-state index is 14.5. The molecule has 0 amide bonds. The molecule has 2 nitrogen and oxygen atoms in total. The Bertz CT molecular complexity index is 1050. The molecule has 0 radical (unpaired) electrons. The first kappa shape index (κ1) is 25.7. The van der Waals surface area contributed by atoms with Crippen LogP contribution < -0.4 is 0 Å². The second-order valence-electron chi connectivity index (χ2n) is 6.33. The summed E-state index contributed by atoms with van der Waals surface area (Å²) >= 11 is 2.55. The molecule has 0 bridgehead atoms. The van der Waals surface area contributed by atoms with E-state index in [1.807, 2.05) is 0 Å². The molecule has 0 heterocycles. The molecule has 0 saturated carbocycles. The van der Waals surface area contributed by atoms with Gasteiger partial charge in [-0.3, -0.25) is 0 Å². The molecule has 2 aromatic carbocycles. The number of benzene rings is 2. The van der Waals surface area contributed by atoms with E-state index >= 15 is 0 Å². The summed E-state index contributed by atoms with van der Waals surface area (Å²) in [5, 5.41) is 8.82. The van der Waals surface area contributed by atoms with Crippen LogP contribution in [0.25, 0.3) is 5.83 Å². The van der Waals surface area contributed by atoms with Crippen molar-refractivity contribution in [2.45, 2.75) is 24.4 Å². The van der Waals surface area contributed by atoms with Gasteiger partial charge in [0, 0.05) is 10.0 Å². The monoisotopic (exact) mass is 538 g/mol. The lowest BCUT2D eigenvalue weighted by Crippen LogP contribution is -2.20. The number of carbonyl (C=O) groups is 1. The van der Waals surface area contributed by atoms with Crippen molar-refractivity contribution < 1.29 is 53.8 Å². The Morgan fingerprint density at radius 3 is 1.91 bits per heavy atom. The molecule has 0 aromatic heterocycles. The molecule has 0 saturated heterocycles. The van der Waals surface area contributed by atoms with Gasteiger partial charge in [0.25, 0.3) is 0 Å². The summed E-state index contributed by atoms with van der Waals surface area (Å²) in [5.74, 6) is -6.78. The maximum Gasteiger partial charge on any atom is 0.417 e. The Kier molecular flexibility index (Phi) is 7.03. The minimum absolute atomic E-state index is 0.00540. The van der Waals surface area contributed by atoms with Gasteiger partial charge in [-0.05, 0) is 35.9 Å². The predicted molar refractivity (Wildman–Crippen MR) is 95.4 cm³/mol. The van der Waals surface area contributed by atoms with E-state index in [4.69, 9.17) is 5.11 Å². The molecular weight excluding hydrogens is 530 g/mol. The van der Waals surface area contributed by atoms with Crippen molar-refractivity contribution in [3.63, 3.8) is 0 Å². The van der Waals surface area contributed by atoms with Crippen molar-refractivity contribution in [2.75, 3.05) is 0 Å². The van der Waals surface area contributed by atoms with Crippen LogP contribution in [-0.2, 0) is 12.4 Å². The van der Waals surface area contributed by atoms with Gasteiger partial charge < -0.3 is 5.11 Å². The van der Waals surface area contributed by atoms with Gasteiger partial charge in [0.15, 0.2) is 0 Å². The maximum atomic E-state index is 14.5. The van der Waals surface area contributed by atoms with Gasteiger partial charge >= 0.3 is 24.5 Å². The largest absolute Gasteiger partial charge is 0.478 e. The van der Waals surface area contributed by atoms with Gasteiger partial charge in [-0.1, -0.05) is 28.1 Å². The van der Waals surface area contributed by atoms with Crippen LogP contribution in [0, 0.1) is 0 Å². The van der Waals surface area contributed by atoms with Crippen LogP contribution in [0.15, 0.2) is 46.9 Å². The zero-order chi connectivity index (χ0) is 24.6. The van der Waals surface area contributed by atoms with Crippen LogP contribution in [-0.4, -0.2) is 17.3 Å². The Morgan fingerprint density at radius 1 is 0.875 bits per heavy atom. The highest BCUT2D eigenvalue weighted by molar-refractivity contribution is 9.10. The molecule has 1 N–H and O–H groups in total. The summed E-state index contributed by atoms with van der Waals surface area (Å²) < 4.78 is 133. The third-order valence-electron chi connectivity index (χ3n) is 4.15. The molecule has 1 atom stereocenters. The number of alkyl halides is 9. The average molecular weight is 539 g/mol. The molecule has 1 unspecified atom stereocenters. The summed E-state index contributed by atoms with van der Waals surface area (Å²) in [6.45, 7) is 0. The van der Waals surface area contributed by atoms with Crippen LogP contribution in [0.5, 0.6) is 0 Å². The smallest absolute Gasteiger partial charge is 0.417 e. The highest BCUT2D eigenvalue weighted by atomic mass is 79.9. The van der Waals surface area contributed by atoms with Crippen molar-refractivity contribution in [1.82, 2.24) is 0 Å². The Morgan fingerprint density at radius 2 is 1.44 bits per heavy atom. The van der Waals surface area contributed by atoms with Crippen LogP contribution >= 0.6 is 15.9 Å². The number of hydrogen-bond acceptors (Lipinski definition) is 1. The van der Waals surface area contributed by atoms with Crippen LogP contribution in [0.3, 0.4) is 0 Å². The number of carboxylic acids is 1. The Hall–Kier alpha value is -2.57. The molecular formula is C19H9BrF10O2. The zero-order valence-electron chi connectivity index (χ0n) is 15.1. The van der Waals surface area contributed by atoms with Crippen molar-refractivity contribution in [2.24, 2.45) is 0 Å². The second kappa shape index (κ2) is 8.75. The average Bonchev–Trinajstić information content (AvgIpc) is 2.63. The van der Waals surface area contributed by atoms with Crippen LogP contribution in [0.2, 0.25) is 0 Å². The van der Waals surface area contributed by atoms with Crippen molar-refractivity contribution >= 4 is 27.7 Å². The van der Waals surface area contributed by atoms with Gasteiger partial charge in [0.05, 0.1) is 16.7 Å². The summed E-state index contributed by atoms with van der Waals surface area (Å²) in [7, 11) is 0. The number of hydrogen-bond donors (Lipinski definition) is 1. The van der Waals surface area contributed by atoms with Crippen molar-refractivity contribution in [3.8, 4) is 0 Å². The SMILES string of the molecule is O=C(O)c1ccc(/C(F)=C/C(c2ccc(Br)c(C(F)(F)F)c2)C(F)(F)F)cc1C(F)(F)F. The van der Waals surface area contributed by atoms with Crippen LogP contribution in [0.4, 0.5) is 43.9 Å². The van der Waals surface area contributed by atoms with E-state index in [0.29, 0.717) is 24.3 Å². The molecule has 2 rings (SSSR count). The molecule has 32 heavy (non-hydrogen) atoms. The minimum atomic E-state index is -5.30. The lowest BCUT2D eigenvalue weighted by atomic mass is 9.94. The first-order valence-electron chi connectivity index (χ1n) is 8.18. The molecule has 0 spiro atoms. The van der Waals surface area contributed by atoms with E-state index in [1.54, 1.807) is 0 Å². The molecule has 0 aliphatic rings. The van der Waals surface area contributed by atoms with E-state index in [-0.39, 0.29) is 18.2 Å². The fourth-order valence-electron chi connectivity index (χ4n) is 2.69. The fourth-order valence-corrected chi connectivity index (χ4v) is 3.16. The predicted octanol–water partition coefficient (Wildman–Crippen LogP) is 7.84. The van der Waals surface area contributed by atoms with E-state index in [2.05, 4.69) is 15.9 Å². The molecule has 0 fully saturated rings.